The van der Waals surface area contributed by atoms with Crippen molar-refractivity contribution in [3.8, 4) is 0 Å². The molecule has 0 aromatic heterocycles. The lowest BCUT2D eigenvalue weighted by atomic mass is 9.91. The highest BCUT2D eigenvalue weighted by molar-refractivity contribution is 4.89. The van der Waals surface area contributed by atoms with E-state index in [0.29, 0.717) is 5.41 Å². The molecule has 1 heterocycles. The first kappa shape index (κ1) is 14.3. The van der Waals surface area contributed by atoms with E-state index in [0.717, 1.165) is 12.1 Å². The van der Waals surface area contributed by atoms with Crippen LogP contribution in [0.5, 0.6) is 0 Å². The number of nitrogens with one attached hydrogen (secondary N) is 1. The lowest BCUT2D eigenvalue weighted by molar-refractivity contribution is 0.280. The zero-order valence-electron chi connectivity index (χ0n) is 12.7. The van der Waals surface area contributed by atoms with Crippen molar-refractivity contribution in [2.45, 2.75) is 77.8 Å². The second-order valence-electron chi connectivity index (χ2n) is 7.24. The van der Waals surface area contributed by atoms with Crippen LogP contribution < -0.4 is 5.32 Å². The number of nitrogens with zero attached hydrogens (tertiary/aromatic N) is 1. The van der Waals surface area contributed by atoms with E-state index in [4.69, 9.17) is 0 Å². The predicted octanol–water partition coefficient (Wildman–Crippen LogP) is 3.42. The average molecular weight is 252 g/mol. The molecule has 1 saturated heterocycles. The Morgan fingerprint density at radius 2 is 1.94 bits per heavy atom. The molecule has 18 heavy (non-hydrogen) atoms. The van der Waals surface area contributed by atoms with Crippen LogP contribution in [0.15, 0.2) is 0 Å². The van der Waals surface area contributed by atoms with Crippen molar-refractivity contribution < 1.29 is 0 Å². The van der Waals surface area contributed by atoms with Gasteiger partial charge in [-0.1, -0.05) is 20.8 Å². The molecule has 0 bridgehead atoms. The van der Waals surface area contributed by atoms with E-state index in [2.05, 4.69) is 31.0 Å². The molecule has 0 amide bonds. The number of hydrogen-bond donors (Lipinski definition) is 1. The Kier molecular flexibility index (Phi) is 5.08. The molecular weight excluding hydrogens is 220 g/mol. The van der Waals surface area contributed by atoms with E-state index in [9.17, 15) is 0 Å². The molecule has 2 unspecified atom stereocenters. The Morgan fingerprint density at radius 1 is 1.11 bits per heavy atom. The summed E-state index contributed by atoms with van der Waals surface area (Å²) in [5.74, 6) is 0. The summed E-state index contributed by atoms with van der Waals surface area (Å²) in [5, 5.41) is 3.95. The van der Waals surface area contributed by atoms with Gasteiger partial charge in [0.15, 0.2) is 0 Å². The van der Waals surface area contributed by atoms with Crippen LogP contribution in [0.3, 0.4) is 0 Å². The van der Waals surface area contributed by atoms with Crippen LogP contribution in [0, 0.1) is 5.41 Å². The summed E-state index contributed by atoms with van der Waals surface area (Å²) >= 11 is 0. The van der Waals surface area contributed by atoms with E-state index in [1.807, 2.05) is 0 Å². The van der Waals surface area contributed by atoms with Gasteiger partial charge in [0.2, 0.25) is 0 Å². The van der Waals surface area contributed by atoms with Crippen molar-refractivity contribution in [3.63, 3.8) is 0 Å². The monoisotopic (exact) mass is 252 g/mol. The number of hydrogen-bond acceptors (Lipinski definition) is 2. The molecule has 106 valence electrons. The SMILES string of the molecule is CCCN1CCCC(NC2CCC(C)(C)C2)CC1. The van der Waals surface area contributed by atoms with Crippen LogP contribution in [-0.4, -0.2) is 36.6 Å². The predicted molar refractivity (Wildman–Crippen MR) is 78.9 cm³/mol. The highest BCUT2D eigenvalue weighted by Gasteiger charge is 2.32. The summed E-state index contributed by atoms with van der Waals surface area (Å²) in [6.45, 7) is 11.1. The molecule has 2 aliphatic rings. The Morgan fingerprint density at radius 3 is 2.61 bits per heavy atom. The highest BCUT2D eigenvalue weighted by Crippen LogP contribution is 2.37. The van der Waals surface area contributed by atoms with Crippen LogP contribution in [0.1, 0.15) is 65.7 Å². The molecule has 2 rings (SSSR count). The minimum atomic E-state index is 0.580. The lowest BCUT2D eigenvalue weighted by Gasteiger charge is -2.24. The average Bonchev–Trinajstić information content (AvgIpc) is 2.51. The van der Waals surface area contributed by atoms with E-state index >= 15 is 0 Å². The standard InChI is InChI=1S/C16H32N2/c1-4-10-18-11-5-6-14(8-12-18)17-15-7-9-16(2,3)13-15/h14-15,17H,4-13H2,1-3H3. The maximum absolute atomic E-state index is 3.95. The summed E-state index contributed by atoms with van der Waals surface area (Å²) in [5.41, 5.74) is 0.580. The molecule has 2 heteroatoms. The third-order valence-electron chi connectivity index (χ3n) is 4.80. The van der Waals surface area contributed by atoms with Crippen molar-refractivity contribution in [1.29, 1.82) is 0 Å². The molecule has 2 nitrogen and oxygen atoms in total. The second-order valence-corrected chi connectivity index (χ2v) is 7.24. The van der Waals surface area contributed by atoms with Gasteiger partial charge in [-0.3, -0.25) is 0 Å². The van der Waals surface area contributed by atoms with E-state index in [-0.39, 0.29) is 0 Å². The topological polar surface area (TPSA) is 15.3 Å². The van der Waals surface area contributed by atoms with Gasteiger partial charge in [-0.15, -0.1) is 0 Å². The largest absolute Gasteiger partial charge is 0.311 e. The first-order valence-corrected chi connectivity index (χ1v) is 8.07. The molecule has 0 aromatic carbocycles. The Bertz CT molecular complexity index is 249. The van der Waals surface area contributed by atoms with Crippen molar-refractivity contribution in [2.24, 2.45) is 5.41 Å². The van der Waals surface area contributed by atoms with Crippen LogP contribution in [0.4, 0.5) is 0 Å². The molecule has 2 fully saturated rings. The van der Waals surface area contributed by atoms with Crippen LogP contribution in [0.2, 0.25) is 0 Å². The van der Waals surface area contributed by atoms with Crippen molar-refractivity contribution in [3.05, 3.63) is 0 Å². The fourth-order valence-corrected chi connectivity index (χ4v) is 3.77. The fourth-order valence-electron chi connectivity index (χ4n) is 3.77. The Labute approximate surface area is 114 Å². The third-order valence-corrected chi connectivity index (χ3v) is 4.80. The summed E-state index contributed by atoms with van der Waals surface area (Å²) < 4.78 is 0. The molecular formula is C16H32N2. The number of rotatable bonds is 4. The quantitative estimate of drug-likeness (QED) is 0.825. The van der Waals surface area contributed by atoms with Gasteiger partial charge in [-0.25, -0.2) is 0 Å². The molecule has 0 aromatic rings. The first-order valence-electron chi connectivity index (χ1n) is 8.07. The molecule has 0 radical (unpaired) electrons. The number of likely N-dealkylation sites (tertiary alicyclic amines) is 1. The summed E-state index contributed by atoms with van der Waals surface area (Å²) in [6.07, 6.45) is 9.60. The first-order chi connectivity index (χ1) is 8.59. The Hall–Kier alpha value is -0.0800. The van der Waals surface area contributed by atoms with Gasteiger partial charge in [-0.2, -0.15) is 0 Å². The van der Waals surface area contributed by atoms with E-state index in [1.54, 1.807) is 0 Å². The fraction of sp³-hybridized carbons (Fsp3) is 1.00. The second kappa shape index (κ2) is 6.38. The molecule has 1 aliphatic heterocycles. The zero-order chi connectivity index (χ0) is 13.0. The van der Waals surface area contributed by atoms with Crippen LogP contribution in [-0.2, 0) is 0 Å². The summed E-state index contributed by atoms with van der Waals surface area (Å²) in [4.78, 5) is 2.65. The molecule has 1 saturated carbocycles. The molecule has 0 spiro atoms. The minimum Gasteiger partial charge on any atom is -0.311 e. The van der Waals surface area contributed by atoms with Gasteiger partial charge in [0.1, 0.15) is 0 Å². The maximum Gasteiger partial charge on any atom is 0.00823 e. The molecule has 1 N–H and O–H groups in total. The normalized spacial score (nSPS) is 33.5. The summed E-state index contributed by atoms with van der Waals surface area (Å²) in [7, 11) is 0. The van der Waals surface area contributed by atoms with Crippen molar-refractivity contribution in [1.82, 2.24) is 10.2 Å². The van der Waals surface area contributed by atoms with E-state index < -0.39 is 0 Å². The van der Waals surface area contributed by atoms with Gasteiger partial charge in [-0.05, 0) is 70.0 Å². The van der Waals surface area contributed by atoms with Crippen LogP contribution in [0.25, 0.3) is 0 Å². The highest BCUT2D eigenvalue weighted by atomic mass is 15.1. The van der Waals surface area contributed by atoms with Crippen molar-refractivity contribution in [2.75, 3.05) is 19.6 Å². The maximum atomic E-state index is 3.95. The van der Waals surface area contributed by atoms with Gasteiger partial charge in [0.25, 0.3) is 0 Å². The van der Waals surface area contributed by atoms with E-state index in [1.165, 1.54) is 64.6 Å². The molecule has 1 aliphatic carbocycles. The van der Waals surface area contributed by atoms with Crippen LogP contribution >= 0.6 is 0 Å². The van der Waals surface area contributed by atoms with Gasteiger partial charge in [0.05, 0.1) is 0 Å². The zero-order valence-corrected chi connectivity index (χ0v) is 12.7. The van der Waals surface area contributed by atoms with Gasteiger partial charge >= 0.3 is 0 Å². The molecule has 2 atom stereocenters. The Balaban J connectivity index is 1.74. The third kappa shape index (κ3) is 4.24. The smallest absolute Gasteiger partial charge is 0.00823 e. The summed E-state index contributed by atoms with van der Waals surface area (Å²) in [6, 6.07) is 1.58. The van der Waals surface area contributed by atoms with Crippen molar-refractivity contribution >= 4 is 0 Å². The van der Waals surface area contributed by atoms with Gasteiger partial charge < -0.3 is 10.2 Å². The lowest BCUT2D eigenvalue weighted by Crippen LogP contribution is -2.38. The minimum absolute atomic E-state index is 0.580. The van der Waals surface area contributed by atoms with Gasteiger partial charge in [0, 0.05) is 12.1 Å².